The topological polar surface area (TPSA) is 12.9 Å². The number of hydrogen-bond donors (Lipinski definition) is 0. The lowest BCUT2D eigenvalue weighted by atomic mass is 10.3. The van der Waals surface area contributed by atoms with E-state index >= 15 is 0 Å². The standard InChI is InChI=1S/C7H4ClN/c1-2-6-3-7(8)5-9-4-6/h1,3-5H. The monoisotopic (exact) mass is 137 g/mol. The van der Waals surface area contributed by atoms with Crippen molar-refractivity contribution in [1.82, 2.24) is 4.98 Å². The highest BCUT2D eigenvalue weighted by Crippen LogP contribution is 2.06. The van der Waals surface area contributed by atoms with E-state index in [2.05, 4.69) is 10.9 Å². The van der Waals surface area contributed by atoms with E-state index in [9.17, 15) is 0 Å². The third-order valence-corrected chi connectivity index (χ3v) is 1.08. The summed E-state index contributed by atoms with van der Waals surface area (Å²) in [4.78, 5) is 3.78. The van der Waals surface area contributed by atoms with Crippen molar-refractivity contribution in [3.05, 3.63) is 29.0 Å². The molecule has 0 radical (unpaired) electrons. The van der Waals surface area contributed by atoms with Gasteiger partial charge >= 0.3 is 0 Å². The van der Waals surface area contributed by atoms with Crippen LogP contribution in [0, 0.1) is 12.3 Å². The van der Waals surface area contributed by atoms with Gasteiger partial charge in [0.1, 0.15) is 0 Å². The van der Waals surface area contributed by atoms with E-state index in [1.165, 1.54) is 0 Å². The van der Waals surface area contributed by atoms with Crippen LogP contribution in [0.5, 0.6) is 0 Å². The molecule has 0 aromatic carbocycles. The van der Waals surface area contributed by atoms with Crippen LogP contribution in [0.1, 0.15) is 5.56 Å². The summed E-state index contributed by atoms with van der Waals surface area (Å²) in [7, 11) is 0. The molecule has 0 atom stereocenters. The van der Waals surface area contributed by atoms with E-state index in [4.69, 9.17) is 18.0 Å². The van der Waals surface area contributed by atoms with Crippen molar-refractivity contribution < 1.29 is 0 Å². The molecule has 0 spiro atoms. The molecule has 1 aromatic heterocycles. The van der Waals surface area contributed by atoms with E-state index in [1.54, 1.807) is 18.5 Å². The molecule has 1 rings (SSSR count). The Bertz CT molecular complexity index is 249. The Morgan fingerprint density at radius 2 is 2.33 bits per heavy atom. The molecule has 0 unspecified atom stereocenters. The summed E-state index contributed by atoms with van der Waals surface area (Å²) >= 11 is 5.57. The molecular weight excluding hydrogens is 134 g/mol. The fourth-order valence-corrected chi connectivity index (χ4v) is 0.665. The third-order valence-electron chi connectivity index (χ3n) is 0.872. The zero-order valence-corrected chi connectivity index (χ0v) is 5.39. The smallest absolute Gasteiger partial charge is 0.0601 e. The van der Waals surface area contributed by atoms with Crippen molar-refractivity contribution in [3.8, 4) is 12.3 Å². The number of aromatic nitrogens is 1. The van der Waals surface area contributed by atoms with Gasteiger partial charge in [-0.15, -0.1) is 6.42 Å². The van der Waals surface area contributed by atoms with Gasteiger partial charge in [-0.2, -0.15) is 0 Å². The largest absolute Gasteiger partial charge is 0.262 e. The highest BCUT2D eigenvalue weighted by molar-refractivity contribution is 6.30. The SMILES string of the molecule is C#Cc1cncc(Cl)c1. The molecule has 9 heavy (non-hydrogen) atoms. The van der Waals surface area contributed by atoms with E-state index in [1.807, 2.05) is 0 Å². The van der Waals surface area contributed by atoms with Gasteiger partial charge in [-0.25, -0.2) is 0 Å². The second-order valence-corrected chi connectivity index (χ2v) is 1.97. The van der Waals surface area contributed by atoms with Gasteiger partial charge in [-0.1, -0.05) is 17.5 Å². The van der Waals surface area contributed by atoms with Crippen LogP contribution in [0.15, 0.2) is 18.5 Å². The minimum Gasteiger partial charge on any atom is -0.262 e. The van der Waals surface area contributed by atoms with E-state index in [0.29, 0.717) is 10.6 Å². The Labute approximate surface area is 58.7 Å². The maximum atomic E-state index is 5.57. The third kappa shape index (κ3) is 1.45. The van der Waals surface area contributed by atoms with Gasteiger partial charge in [-0.05, 0) is 6.07 Å². The molecule has 0 saturated carbocycles. The van der Waals surface area contributed by atoms with Gasteiger partial charge in [0.25, 0.3) is 0 Å². The number of rotatable bonds is 0. The fraction of sp³-hybridized carbons (Fsp3) is 0. The van der Waals surface area contributed by atoms with Crippen molar-refractivity contribution in [3.63, 3.8) is 0 Å². The quantitative estimate of drug-likeness (QED) is 0.496. The predicted octanol–water partition coefficient (Wildman–Crippen LogP) is 1.72. The highest BCUT2D eigenvalue weighted by Gasteiger charge is 1.87. The Hall–Kier alpha value is -1.00. The molecule has 0 N–H and O–H groups in total. The summed E-state index contributed by atoms with van der Waals surface area (Å²) in [6.07, 6.45) is 8.20. The zero-order chi connectivity index (χ0) is 6.69. The molecule has 0 aliphatic carbocycles. The van der Waals surface area contributed by atoms with Crippen LogP contribution in [0.25, 0.3) is 0 Å². The van der Waals surface area contributed by atoms with E-state index < -0.39 is 0 Å². The van der Waals surface area contributed by atoms with Crippen molar-refractivity contribution in [2.24, 2.45) is 0 Å². The van der Waals surface area contributed by atoms with Crippen molar-refractivity contribution >= 4 is 11.6 Å². The molecule has 1 aromatic rings. The average Bonchev–Trinajstić information content (AvgIpc) is 1.88. The number of terminal acetylenes is 1. The van der Waals surface area contributed by atoms with E-state index in [0.717, 1.165) is 0 Å². The molecule has 0 aliphatic rings. The molecule has 0 bridgehead atoms. The maximum Gasteiger partial charge on any atom is 0.0601 e. The number of nitrogens with zero attached hydrogens (tertiary/aromatic N) is 1. The number of hydrogen-bond acceptors (Lipinski definition) is 1. The molecule has 1 heterocycles. The lowest BCUT2D eigenvalue weighted by molar-refractivity contribution is 1.31. The van der Waals surface area contributed by atoms with E-state index in [-0.39, 0.29) is 0 Å². The van der Waals surface area contributed by atoms with Gasteiger partial charge in [0.05, 0.1) is 5.02 Å². The molecule has 44 valence electrons. The summed E-state index contributed by atoms with van der Waals surface area (Å²) < 4.78 is 0. The summed E-state index contributed by atoms with van der Waals surface area (Å²) in [6, 6.07) is 1.69. The minimum absolute atomic E-state index is 0.574. The van der Waals surface area contributed by atoms with Gasteiger partial charge in [0, 0.05) is 18.0 Å². The second-order valence-electron chi connectivity index (χ2n) is 1.54. The van der Waals surface area contributed by atoms with Gasteiger partial charge in [-0.3, -0.25) is 4.98 Å². The first kappa shape index (κ1) is 6.12. The Morgan fingerprint density at radius 3 is 2.78 bits per heavy atom. The average molecular weight is 138 g/mol. The van der Waals surface area contributed by atoms with Crippen molar-refractivity contribution in [2.75, 3.05) is 0 Å². The first-order chi connectivity index (χ1) is 4.33. The molecule has 2 heteroatoms. The van der Waals surface area contributed by atoms with Gasteiger partial charge in [0.15, 0.2) is 0 Å². The molecule has 0 aliphatic heterocycles. The zero-order valence-electron chi connectivity index (χ0n) is 4.63. The minimum atomic E-state index is 0.574. The first-order valence-corrected chi connectivity index (χ1v) is 2.78. The lowest BCUT2D eigenvalue weighted by Gasteiger charge is -1.87. The lowest BCUT2D eigenvalue weighted by Crippen LogP contribution is -1.75. The Morgan fingerprint density at radius 1 is 1.56 bits per heavy atom. The van der Waals surface area contributed by atoms with Crippen LogP contribution < -0.4 is 0 Å². The summed E-state index contributed by atoms with van der Waals surface area (Å²) in [5, 5.41) is 0.574. The summed E-state index contributed by atoms with van der Waals surface area (Å²) in [6.45, 7) is 0. The van der Waals surface area contributed by atoms with Crippen LogP contribution in [0.4, 0.5) is 0 Å². The van der Waals surface area contributed by atoms with Gasteiger partial charge in [0.2, 0.25) is 0 Å². The Balaban J connectivity index is 3.12. The van der Waals surface area contributed by atoms with Crippen LogP contribution in [0.2, 0.25) is 5.02 Å². The molecule has 0 saturated heterocycles. The van der Waals surface area contributed by atoms with Crippen LogP contribution in [-0.2, 0) is 0 Å². The fourth-order valence-electron chi connectivity index (χ4n) is 0.491. The van der Waals surface area contributed by atoms with Crippen LogP contribution >= 0.6 is 11.6 Å². The summed E-state index contributed by atoms with van der Waals surface area (Å²) in [5.74, 6) is 2.42. The predicted molar refractivity (Wildman–Crippen MR) is 37.2 cm³/mol. The van der Waals surface area contributed by atoms with Crippen molar-refractivity contribution in [1.29, 1.82) is 0 Å². The first-order valence-electron chi connectivity index (χ1n) is 2.40. The van der Waals surface area contributed by atoms with Crippen LogP contribution in [-0.4, -0.2) is 4.98 Å². The highest BCUT2D eigenvalue weighted by atomic mass is 35.5. The maximum absolute atomic E-state index is 5.57. The number of halogens is 1. The van der Waals surface area contributed by atoms with Crippen molar-refractivity contribution in [2.45, 2.75) is 0 Å². The van der Waals surface area contributed by atoms with Crippen LogP contribution in [0.3, 0.4) is 0 Å². The van der Waals surface area contributed by atoms with Gasteiger partial charge < -0.3 is 0 Å². The molecule has 0 fully saturated rings. The molecular formula is C7H4ClN. The normalized spacial score (nSPS) is 8.44. The number of pyridine rings is 1. The Kier molecular flexibility index (Phi) is 1.72. The summed E-state index contributed by atoms with van der Waals surface area (Å²) in [5.41, 5.74) is 0.711. The molecule has 0 amide bonds. The second kappa shape index (κ2) is 2.52. The molecule has 1 nitrogen and oxygen atoms in total.